The molecule has 1 saturated heterocycles. The zero-order chi connectivity index (χ0) is 15.9. The van der Waals surface area contributed by atoms with Crippen molar-refractivity contribution in [2.75, 3.05) is 19.6 Å². The zero-order valence-electron chi connectivity index (χ0n) is 12.4. The van der Waals surface area contributed by atoms with E-state index >= 15 is 0 Å². The van der Waals surface area contributed by atoms with Gasteiger partial charge in [0.2, 0.25) is 0 Å². The normalized spacial score (nSPS) is 19.9. The van der Waals surface area contributed by atoms with Crippen molar-refractivity contribution in [3.8, 4) is 0 Å². The number of hydrogen-bond donors (Lipinski definition) is 3. The van der Waals surface area contributed by atoms with Gasteiger partial charge in [-0.25, -0.2) is 0 Å². The molecule has 0 aliphatic carbocycles. The Morgan fingerprint density at radius 1 is 1.27 bits per heavy atom. The first-order valence-electron chi connectivity index (χ1n) is 7.55. The second-order valence-electron chi connectivity index (χ2n) is 5.57. The van der Waals surface area contributed by atoms with Gasteiger partial charge in [-0.15, -0.1) is 0 Å². The van der Waals surface area contributed by atoms with Crippen LogP contribution in [0.2, 0.25) is 0 Å². The molecule has 0 radical (unpaired) electrons. The Hall–Kier alpha value is -1.92. The van der Waals surface area contributed by atoms with Gasteiger partial charge in [0.1, 0.15) is 12.1 Å². The molecule has 1 heterocycles. The molecule has 120 valence electrons. The quantitative estimate of drug-likeness (QED) is 0.659. The minimum absolute atomic E-state index is 0.415. The molecule has 2 atom stereocenters. The maximum absolute atomic E-state index is 11.3. The molecule has 6 nitrogen and oxygen atoms in total. The van der Waals surface area contributed by atoms with Gasteiger partial charge in [0, 0.05) is 13.1 Å². The molecule has 1 aromatic rings. The van der Waals surface area contributed by atoms with Crippen molar-refractivity contribution in [3.05, 3.63) is 35.9 Å². The van der Waals surface area contributed by atoms with Gasteiger partial charge in [-0.1, -0.05) is 30.3 Å². The van der Waals surface area contributed by atoms with Gasteiger partial charge < -0.3 is 15.5 Å². The van der Waals surface area contributed by atoms with Gasteiger partial charge in [-0.05, 0) is 31.4 Å². The molecule has 1 aliphatic heterocycles. The Bertz CT molecular complexity index is 506. The molecule has 0 aromatic heterocycles. The Balaban J connectivity index is 1.82. The van der Waals surface area contributed by atoms with E-state index in [1.807, 2.05) is 35.2 Å². The highest BCUT2D eigenvalue weighted by Gasteiger charge is 2.30. The molecule has 2 unspecified atom stereocenters. The standard InChI is InChI=1S/C16H22N2O4/c19-15(20)13(11-12-5-2-1-3-6-12)17-8-10-18-9-4-7-14(18)16(21)22/h1-3,5-6,13-14,17H,4,7-11H2,(H,19,20)(H,21,22). The molecule has 1 aromatic carbocycles. The minimum atomic E-state index is -0.889. The van der Waals surface area contributed by atoms with Crippen LogP contribution in [-0.4, -0.2) is 58.8 Å². The molecule has 0 saturated carbocycles. The predicted molar refractivity (Wildman–Crippen MR) is 81.8 cm³/mol. The molecule has 0 spiro atoms. The molecular formula is C16H22N2O4. The molecule has 0 bridgehead atoms. The third-order valence-electron chi connectivity index (χ3n) is 4.02. The van der Waals surface area contributed by atoms with E-state index in [1.54, 1.807) is 0 Å². The first-order chi connectivity index (χ1) is 10.6. The van der Waals surface area contributed by atoms with Crippen LogP contribution in [0.1, 0.15) is 18.4 Å². The number of carboxylic acids is 2. The van der Waals surface area contributed by atoms with Gasteiger partial charge in [-0.2, -0.15) is 0 Å². The number of rotatable bonds is 8. The maximum Gasteiger partial charge on any atom is 0.321 e. The summed E-state index contributed by atoms with van der Waals surface area (Å²) >= 11 is 0. The fraction of sp³-hybridized carbons (Fsp3) is 0.500. The van der Waals surface area contributed by atoms with E-state index in [4.69, 9.17) is 5.11 Å². The van der Waals surface area contributed by atoms with Crippen molar-refractivity contribution in [2.24, 2.45) is 0 Å². The number of carbonyl (C=O) groups is 2. The largest absolute Gasteiger partial charge is 0.480 e. The highest BCUT2D eigenvalue weighted by Crippen LogP contribution is 2.16. The van der Waals surface area contributed by atoms with E-state index in [0.717, 1.165) is 18.5 Å². The molecule has 2 rings (SSSR count). The van der Waals surface area contributed by atoms with Crippen molar-refractivity contribution in [3.63, 3.8) is 0 Å². The van der Waals surface area contributed by atoms with Crippen LogP contribution in [0.3, 0.4) is 0 Å². The third kappa shape index (κ3) is 4.54. The zero-order valence-corrected chi connectivity index (χ0v) is 12.4. The fourth-order valence-corrected chi connectivity index (χ4v) is 2.85. The van der Waals surface area contributed by atoms with E-state index in [2.05, 4.69) is 5.32 Å². The van der Waals surface area contributed by atoms with E-state index in [1.165, 1.54) is 0 Å². The van der Waals surface area contributed by atoms with Crippen LogP contribution >= 0.6 is 0 Å². The summed E-state index contributed by atoms with van der Waals surface area (Å²) in [4.78, 5) is 24.3. The summed E-state index contributed by atoms with van der Waals surface area (Å²) in [5, 5.41) is 21.4. The van der Waals surface area contributed by atoms with Crippen molar-refractivity contribution >= 4 is 11.9 Å². The molecule has 0 amide bonds. The molecular weight excluding hydrogens is 284 g/mol. The van der Waals surface area contributed by atoms with Crippen molar-refractivity contribution in [1.82, 2.24) is 10.2 Å². The van der Waals surface area contributed by atoms with Gasteiger partial charge >= 0.3 is 11.9 Å². The number of likely N-dealkylation sites (tertiary alicyclic amines) is 1. The van der Waals surface area contributed by atoms with Crippen molar-refractivity contribution in [2.45, 2.75) is 31.3 Å². The van der Waals surface area contributed by atoms with E-state index in [0.29, 0.717) is 25.9 Å². The average molecular weight is 306 g/mol. The smallest absolute Gasteiger partial charge is 0.321 e. The lowest BCUT2D eigenvalue weighted by Gasteiger charge is -2.22. The predicted octanol–water partition coefficient (Wildman–Crippen LogP) is 0.821. The van der Waals surface area contributed by atoms with Gasteiger partial charge in [0.15, 0.2) is 0 Å². The number of carboxylic acid groups (broad SMARTS) is 2. The number of nitrogens with one attached hydrogen (secondary N) is 1. The van der Waals surface area contributed by atoms with E-state index in [-0.39, 0.29) is 0 Å². The molecule has 22 heavy (non-hydrogen) atoms. The summed E-state index contributed by atoms with van der Waals surface area (Å²) in [5.41, 5.74) is 0.965. The van der Waals surface area contributed by atoms with E-state index in [9.17, 15) is 14.7 Å². The van der Waals surface area contributed by atoms with Crippen molar-refractivity contribution < 1.29 is 19.8 Å². The first kappa shape index (κ1) is 16.5. The van der Waals surface area contributed by atoms with Crippen LogP contribution in [-0.2, 0) is 16.0 Å². The first-order valence-corrected chi connectivity index (χ1v) is 7.55. The van der Waals surface area contributed by atoms with Crippen LogP contribution in [0.25, 0.3) is 0 Å². The fourth-order valence-electron chi connectivity index (χ4n) is 2.85. The van der Waals surface area contributed by atoms with Crippen molar-refractivity contribution in [1.29, 1.82) is 0 Å². The Morgan fingerprint density at radius 3 is 2.64 bits per heavy atom. The third-order valence-corrected chi connectivity index (χ3v) is 4.02. The summed E-state index contributed by atoms with van der Waals surface area (Å²) in [6.45, 7) is 1.78. The van der Waals surface area contributed by atoms with Crippen LogP contribution in [0.4, 0.5) is 0 Å². The SMILES string of the molecule is O=C(O)C(Cc1ccccc1)NCCN1CCCC1C(=O)O. The maximum atomic E-state index is 11.3. The summed E-state index contributed by atoms with van der Waals surface area (Å²) in [6.07, 6.45) is 1.96. The Labute approximate surface area is 129 Å². The number of hydrogen-bond acceptors (Lipinski definition) is 4. The molecule has 6 heteroatoms. The minimum Gasteiger partial charge on any atom is -0.480 e. The summed E-state index contributed by atoms with van der Waals surface area (Å²) < 4.78 is 0. The van der Waals surface area contributed by atoms with Crippen LogP contribution in [0.15, 0.2) is 30.3 Å². The van der Waals surface area contributed by atoms with Crippen LogP contribution < -0.4 is 5.32 Å². The Kier molecular flexibility index (Phi) is 5.91. The molecule has 3 N–H and O–H groups in total. The highest BCUT2D eigenvalue weighted by molar-refractivity contribution is 5.74. The van der Waals surface area contributed by atoms with E-state index < -0.39 is 24.0 Å². The second kappa shape index (κ2) is 7.91. The molecule has 1 aliphatic rings. The summed E-state index contributed by atoms with van der Waals surface area (Å²) in [7, 11) is 0. The lowest BCUT2D eigenvalue weighted by atomic mass is 10.1. The van der Waals surface area contributed by atoms with Crippen LogP contribution in [0, 0.1) is 0 Å². The van der Waals surface area contributed by atoms with Crippen LogP contribution in [0.5, 0.6) is 0 Å². The highest BCUT2D eigenvalue weighted by atomic mass is 16.4. The number of aliphatic carboxylic acids is 2. The monoisotopic (exact) mass is 306 g/mol. The lowest BCUT2D eigenvalue weighted by Crippen LogP contribution is -2.45. The van der Waals surface area contributed by atoms with Gasteiger partial charge in [0.25, 0.3) is 0 Å². The molecule has 1 fully saturated rings. The topological polar surface area (TPSA) is 89.9 Å². The van der Waals surface area contributed by atoms with Gasteiger partial charge in [0.05, 0.1) is 0 Å². The Morgan fingerprint density at radius 2 is 2.00 bits per heavy atom. The summed E-state index contributed by atoms with van der Waals surface area (Å²) in [5.74, 6) is -1.68. The lowest BCUT2D eigenvalue weighted by molar-refractivity contribution is -0.142. The average Bonchev–Trinajstić information content (AvgIpc) is 2.96. The van der Waals surface area contributed by atoms with Gasteiger partial charge in [-0.3, -0.25) is 14.5 Å². The summed E-state index contributed by atoms with van der Waals surface area (Å²) in [6, 6.07) is 8.38. The number of benzene rings is 1. The second-order valence-corrected chi connectivity index (χ2v) is 5.57. The number of nitrogens with zero attached hydrogens (tertiary/aromatic N) is 1.